The summed E-state index contributed by atoms with van der Waals surface area (Å²) in [7, 11) is 1.62. The molecule has 1 aromatic rings. The molecule has 1 heterocycles. The predicted molar refractivity (Wildman–Crippen MR) is 62.2 cm³/mol. The molecule has 6 heteroatoms. The van der Waals surface area contributed by atoms with Crippen molar-refractivity contribution in [1.82, 2.24) is 10.1 Å². The lowest BCUT2D eigenvalue weighted by Crippen LogP contribution is -2.27. The molecule has 1 rings (SSSR count). The quantitative estimate of drug-likeness (QED) is 0.758. The van der Waals surface area contributed by atoms with Gasteiger partial charge in [-0.2, -0.15) is 4.98 Å². The summed E-state index contributed by atoms with van der Waals surface area (Å²) in [6.07, 6.45) is 0. The van der Waals surface area contributed by atoms with Gasteiger partial charge in [0.15, 0.2) is 5.82 Å². The van der Waals surface area contributed by atoms with E-state index < -0.39 is 0 Å². The van der Waals surface area contributed by atoms with Crippen molar-refractivity contribution in [2.24, 2.45) is 11.1 Å². The van der Waals surface area contributed by atoms with E-state index in [-0.39, 0.29) is 18.1 Å². The molecule has 2 N–H and O–H groups in total. The zero-order chi connectivity index (χ0) is 12.9. The summed E-state index contributed by atoms with van der Waals surface area (Å²) in [6.45, 7) is 7.42. The number of aromatic nitrogens is 2. The second kappa shape index (κ2) is 6.09. The van der Waals surface area contributed by atoms with Crippen molar-refractivity contribution in [2.45, 2.75) is 33.4 Å². The molecule has 6 nitrogen and oxygen atoms in total. The summed E-state index contributed by atoms with van der Waals surface area (Å²) in [6, 6.07) is -0.251. The van der Waals surface area contributed by atoms with Gasteiger partial charge < -0.3 is 19.7 Å². The molecule has 0 aliphatic carbocycles. The molecule has 1 unspecified atom stereocenters. The third-order valence-corrected chi connectivity index (χ3v) is 2.35. The number of hydrogen-bond donors (Lipinski definition) is 1. The fraction of sp³-hybridized carbons (Fsp3) is 0.818. The smallest absolute Gasteiger partial charge is 0.252 e. The Hall–Kier alpha value is -0.980. The molecule has 0 saturated carbocycles. The first-order valence-corrected chi connectivity index (χ1v) is 5.60. The van der Waals surface area contributed by atoms with Gasteiger partial charge in [0.2, 0.25) is 0 Å². The Labute approximate surface area is 101 Å². The van der Waals surface area contributed by atoms with Crippen LogP contribution in [-0.2, 0) is 16.1 Å². The molecule has 0 aliphatic rings. The number of nitrogens with zero attached hydrogens (tertiary/aromatic N) is 2. The second-order valence-corrected chi connectivity index (χ2v) is 4.94. The van der Waals surface area contributed by atoms with Crippen LogP contribution in [0.25, 0.3) is 0 Å². The molecule has 0 saturated heterocycles. The van der Waals surface area contributed by atoms with Crippen LogP contribution in [0.15, 0.2) is 4.52 Å². The Morgan fingerprint density at radius 3 is 2.65 bits per heavy atom. The van der Waals surface area contributed by atoms with E-state index in [1.807, 2.05) is 20.8 Å². The van der Waals surface area contributed by atoms with Gasteiger partial charge in [0.1, 0.15) is 6.61 Å². The van der Waals surface area contributed by atoms with Crippen molar-refractivity contribution >= 4 is 0 Å². The molecule has 1 atom stereocenters. The molecule has 0 fully saturated rings. The minimum atomic E-state index is -0.251. The van der Waals surface area contributed by atoms with Crippen molar-refractivity contribution in [1.29, 1.82) is 0 Å². The first-order chi connectivity index (χ1) is 7.95. The van der Waals surface area contributed by atoms with Crippen LogP contribution in [0, 0.1) is 5.41 Å². The number of hydrogen-bond acceptors (Lipinski definition) is 6. The van der Waals surface area contributed by atoms with Gasteiger partial charge in [0, 0.05) is 7.11 Å². The first kappa shape index (κ1) is 14.1. The van der Waals surface area contributed by atoms with Crippen LogP contribution in [0.1, 0.15) is 38.5 Å². The second-order valence-electron chi connectivity index (χ2n) is 4.94. The maximum Gasteiger partial charge on any atom is 0.252 e. The van der Waals surface area contributed by atoms with Gasteiger partial charge >= 0.3 is 0 Å². The van der Waals surface area contributed by atoms with E-state index >= 15 is 0 Å². The van der Waals surface area contributed by atoms with Gasteiger partial charge in [0.25, 0.3) is 5.89 Å². The fourth-order valence-electron chi connectivity index (χ4n) is 1.14. The highest BCUT2D eigenvalue weighted by molar-refractivity contribution is 4.97. The highest BCUT2D eigenvalue weighted by Crippen LogP contribution is 2.28. The maximum atomic E-state index is 6.02. The molecule has 1 aromatic heterocycles. The molecule has 98 valence electrons. The van der Waals surface area contributed by atoms with Crippen molar-refractivity contribution in [3.8, 4) is 0 Å². The predicted octanol–water partition coefficient (Wildman–Crippen LogP) is 1.28. The lowest BCUT2D eigenvalue weighted by Gasteiger charge is -2.23. The molecule has 0 aliphatic heterocycles. The van der Waals surface area contributed by atoms with Gasteiger partial charge in [-0.1, -0.05) is 25.9 Å². The van der Waals surface area contributed by atoms with Gasteiger partial charge in [0.05, 0.1) is 19.3 Å². The zero-order valence-corrected chi connectivity index (χ0v) is 10.9. The Kier molecular flexibility index (Phi) is 5.04. The summed E-state index contributed by atoms with van der Waals surface area (Å²) < 4.78 is 15.2. The van der Waals surface area contributed by atoms with Gasteiger partial charge in [-0.15, -0.1) is 0 Å². The van der Waals surface area contributed by atoms with E-state index in [1.165, 1.54) is 0 Å². The molecule has 0 spiro atoms. The highest BCUT2D eigenvalue weighted by Gasteiger charge is 2.26. The lowest BCUT2D eigenvalue weighted by atomic mass is 9.87. The van der Waals surface area contributed by atoms with Crippen LogP contribution >= 0.6 is 0 Å². The topological polar surface area (TPSA) is 83.4 Å². The van der Waals surface area contributed by atoms with E-state index in [0.29, 0.717) is 24.9 Å². The van der Waals surface area contributed by atoms with Crippen LogP contribution < -0.4 is 5.73 Å². The maximum absolute atomic E-state index is 6.02. The largest absolute Gasteiger partial charge is 0.382 e. The summed E-state index contributed by atoms with van der Waals surface area (Å²) in [4.78, 5) is 4.21. The first-order valence-electron chi connectivity index (χ1n) is 5.60. The van der Waals surface area contributed by atoms with Crippen molar-refractivity contribution in [3.05, 3.63) is 11.7 Å². The average molecular weight is 243 g/mol. The molecular formula is C11H21N3O3. The molecule has 0 aromatic carbocycles. The summed E-state index contributed by atoms with van der Waals surface area (Å²) >= 11 is 0. The SMILES string of the molecule is COCCOCc1nc(C(N)C(C)(C)C)no1. The van der Waals surface area contributed by atoms with Gasteiger partial charge in [-0.05, 0) is 5.41 Å². The molecule has 0 bridgehead atoms. The number of ether oxygens (including phenoxy) is 2. The third kappa shape index (κ3) is 4.41. The standard InChI is InChI=1S/C11H21N3O3/c1-11(2,3)9(12)10-13-8(17-14-10)7-16-6-5-15-4/h9H,5-7,12H2,1-4H3. The Morgan fingerprint density at radius 1 is 1.35 bits per heavy atom. The molecule has 0 amide bonds. The number of rotatable bonds is 6. The van der Waals surface area contributed by atoms with Crippen LogP contribution in [0.5, 0.6) is 0 Å². The Balaban J connectivity index is 2.48. The monoisotopic (exact) mass is 243 g/mol. The van der Waals surface area contributed by atoms with Crippen LogP contribution in [0.3, 0.4) is 0 Å². The molecule has 0 radical (unpaired) electrons. The number of methoxy groups -OCH3 is 1. The van der Waals surface area contributed by atoms with Crippen molar-refractivity contribution < 1.29 is 14.0 Å². The van der Waals surface area contributed by atoms with Crippen LogP contribution in [0.4, 0.5) is 0 Å². The molecule has 17 heavy (non-hydrogen) atoms. The summed E-state index contributed by atoms with van der Waals surface area (Å²) in [5.41, 5.74) is 5.92. The normalized spacial score (nSPS) is 13.9. The Bertz CT molecular complexity index is 333. The highest BCUT2D eigenvalue weighted by atomic mass is 16.5. The summed E-state index contributed by atoms with van der Waals surface area (Å²) in [5.74, 6) is 0.957. The third-order valence-electron chi connectivity index (χ3n) is 2.35. The average Bonchev–Trinajstić information content (AvgIpc) is 2.70. The van der Waals surface area contributed by atoms with Crippen molar-refractivity contribution in [2.75, 3.05) is 20.3 Å². The van der Waals surface area contributed by atoms with E-state index in [1.54, 1.807) is 7.11 Å². The molecular weight excluding hydrogens is 222 g/mol. The van der Waals surface area contributed by atoms with Crippen LogP contribution in [-0.4, -0.2) is 30.5 Å². The van der Waals surface area contributed by atoms with E-state index in [2.05, 4.69) is 10.1 Å². The fourth-order valence-corrected chi connectivity index (χ4v) is 1.14. The minimum Gasteiger partial charge on any atom is -0.382 e. The van der Waals surface area contributed by atoms with Crippen molar-refractivity contribution in [3.63, 3.8) is 0 Å². The van der Waals surface area contributed by atoms with Gasteiger partial charge in [-0.3, -0.25) is 0 Å². The lowest BCUT2D eigenvalue weighted by molar-refractivity contribution is 0.0494. The number of nitrogens with two attached hydrogens (primary N) is 1. The summed E-state index contributed by atoms with van der Waals surface area (Å²) in [5, 5.41) is 3.86. The zero-order valence-electron chi connectivity index (χ0n) is 10.9. The Morgan fingerprint density at radius 2 is 2.06 bits per heavy atom. The van der Waals surface area contributed by atoms with Crippen LogP contribution in [0.2, 0.25) is 0 Å². The van der Waals surface area contributed by atoms with E-state index in [9.17, 15) is 0 Å². The minimum absolute atomic E-state index is 0.0992. The van der Waals surface area contributed by atoms with E-state index in [4.69, 9.17) is 19.7 Å². The van der Waals surface area contributed by atoms with Gasteiger partial charge in [-0.25, -0.2) is 0 Å². The van der Waals surface area contributed by atoms with E-state index in [0.717, 1.165) is 0 Å².